The van der Waals surface area contributed by atoms with E-state index in [1.54, 1.807) is 0 Å². The first-order valence-corrected chi connectivity index (χ1v) is 10.6. The Bertz CT molecular complexity index is 440. The molecule has 0 saturated heterocycles. The Morgan fingerprint density at radius 3 is 1.85 bits per heavy atom. The normalized spacial score (nSPS) is 12.1. The molecule has 156 valence electrons. The zero-order chi connectivity index (χ0) is 20.3. The summed E-state index contributed by atoms with van der Waals surface area (Å²) < 4.78 is 9.44. The lowest BCUT2D eigenvalue weighted by Crippen LogP contribution is -2.23. The number of methoxy groups -OCH3 is 2. The van der Waals surface area contributed by atoms with Crippen LogP contribution < -0.4 is 0 Å². The standard InChI is InChI=1S/C23H40O4/c1-5-6-7-8-9-10-11-12-13-14-15-16-17-18-19-21(23(25)27-4)20(2)22(24)26-3/h12-13,21H,2,5-11,14-19H2,1,3-4H3/b13-12-. The number of rotatable bonds is 17. The molecule has 0 saturated carbocycles. The molecule has 0 aromatic heterocycles. The molecule has 0 amide bonds. The van der Waals surface area contributed by atoms with Crippen molar-refractivity contribution in [2.24, 2.45) is 5.92 Å². The van der Waals surface area contributed by atoms with Gasteiger partial charge in [0.1, 0.15) is 0 Å². The maximum atomic E-state index is 11.8. The van der Waals surface area contributed by atoms with E-state index < -0.39 is 17.9 Å². The molecular formula is C23H40O4. The fourth-order valence-electron chi connectivity index (χ4n) is 3.09. The Labute approximate surface area is 166 Å². The van der Waals surface area contributed by atoms with E-state index in [1.807, 2.05) is 0 Å². The van der Waals surface area contributed by atoms with E-state index in [-0.39, 0.29) is 5.57 Å². The molecular weight excluding hydrogens is 340 g/mol. The summed E-state index contributed by atoms with van der Waals surface area (Å²) in [7, 11) is 2.62. The van der Waals surface area contributed by atoms with Gasteiger partial charge < -0.3 is 9.47 Å². The van der Waals surface area contributed by atoms with Crippen LogP contribution in [0.15, 0.2) is 24.3 Å². The van der Waals surface area contributed by atoms with Crippen molar-refractivity contribution in [1.82, 2.24) is 0 Å². The molecule has 0 bridgehead atoms. The van der Waals surface area contributed by atoms with Crippen molar-refractivity contribution >= 4 is 11.9 Å². The molecule has 0 fully saturated rings. The SMILES string of the molecule is C=C(C(=O)OC)C(CCCCCC/C=C\CCCCCCCC)C(=O)OC. The average Bonchev–Trinajstić information content (AvgIpc) is 2.69. The van der Waals surface area contributed by atoms with Crippen LogP contribution in [-0.2, 0) is 19.1 Å². The summed E-state index contributed by atoms with van der Waals surface area (Å²) in [5, 5.41) is 0. The van der Waals surface area contributed by atoms with Gasteiger partial charge in [-0.1, -0.05) is 77.0 Å². The molecule has 0 aliphatic heterocycles. The molecule has 4 heteroatoms. The fraction of sp³-hybridized carbons (Fsp3) is 0.739. The van der Waals surface area contributed by atoms with Crippen molar-refractivity contribution in [3.63, 3.8) is 0 Å². The Balaban J connectivity index is 3.75. The summed E-state index contributed by atoms with van der Waals surface area (Å²) in [6, 6.07) is 0. The summed E-state index contributed by atoms with van der Waals surface area (Å²) in [6.45, 7) is 5.94. The minimum absolute atomic E-state index is 0.182. The first kappa shape index (κ1) is 25.4. The first-order chi connectivity index (χ1) is 13.1. The third-order valence-electron chi connectivity index (χ3n) is 4.86. The number of allylic oxidation sites excluding steroid dienone is 2. The van der Waals surface area contributed by atoms with Gasteiger partial charge in [0, 0.05) is 5.57 Å². The number of hydrogen-bond donors (Lipinski definition) is 0. The highest BCUT2D eigenvalue weighted by Crippen LogP contribution is 2.21. The molecule has 27 heavy (non-hydrogen) atoms. The molecule has 0 aromatic rings. The fourth-order valence-corrected chi connectivity index (χ4v) is 3.09. The monoisotopic (exact) mass is 380 g/mol. The highest BCUT2D eigenvalue weighted by Gasteiger charge is 2.27. The predicted molar refractivity (Wildman–Crippen MR) is 111 cm³/mol. The quantitative estimate of drug-likeness (QED) is 0.131. The van der Waals surface area contributed by atoms with Gasteiger partial charge in [0.05, 0.1) is 20.1 Å². The van der Waals surface area contributed by atoms with Gasteiger partial charge in [-0.05, 0) is 32.1 Å². The van der Waals surface area contributed by atoms with Gasteiger partial charge in [0.2, 0.25) is 0 Å². The molecule has 0 aliphatic rings. The summed E-state index contributed by atoms with van der Waals surface area (Å²) in [4.78, 5) is 23.4. The second kappa shape index (κ2) is 17.8. The van der Waals surface area contributed by atoms with Gasteiger partial charge in [-0.3, -0.25) is 4.79 Å². The second-order valence-electron chi connectivity index (χ2n) is 7.11. The highest BCUT2D eigenvalue weighted by atomic mass is 16.5. The molecule has 0 heterocycles. The van der Waals surface area contributed by atoms with Crippen molar-refractivity contribution < 1.29 is 19.1 Å². The molecule has 0 spiro atoms. The largest absolute Gasteiger partial charge is 0.469 e. The molecule has 0 radical (unpaired) electrons. The summed E-state index contributed by atoms with van der Waals surface area (Å²) >= 11 is 0. The second-order valence-corrected chi connectivity index (χ2v) is 7.11. The summed E-state index contributed by atoms with van der Waals surface area (Å²) in [5.41, 5.74) is 0.182. The van der Waals surface area contributed by atoms with Crippen LogP contribution in [-0.4, -0.2) is 26.2 Å². The Kier molecular flexibility index (Phi) is 16.8. The molecule has 0 aliphatic carbocycles. The van der Waals surface area contributed by atoms with Crippen molar-refractivity contribution in [2.45, 2.75) is 90.4 Å². The van der Waals surface area contributed by atoms with Gasteiger partial charge in [-0.15, -0.1) is 0 Å². The van der Waals surface area contributed by atoms with Crippen LogP contribution in [0, 0.1) is 5.92 Å². The number of hydrogen-bond acceptors (Lipinski definition) is 4. The van der Waals surface area contributed by atoms with Crippen molar-refractivity contribution in [1.29, 1.82) is 0 Å². The molecule has 0 N–H and O–H groups in total. The lowest BCUT2D eigenvalue weighted by molar-refractivity contribution is -0.147. The number of carbonyl (C=O) groups excluding carboxylic acids is 2. The minimum Gasteiger partial charge on any atom is -0.469 e. The van der Waals surface area contributed by atoms with E-state index >= 15 is 0 Å². The number of carbonyl (C=O) groups is 2. The van der Waals surface area contributed by atoms with E-state index in [0.29, 0.717) is 6.42 Å². The number of ether oxygens (including phenoxy) is 2. The first-order valence-electron chi connectivity index (χ1n) is 10.6. The zero-order valence-electron chi connectivity index (χ0n) is 17.8. The smallest absolute Gasteiger partial charge is 0.334 e. The van der Waals surface area contributed by atoms with Gasteiger partial charge in [-0.2, -0.15) is 0 Å². The van der Waals surface area contributed by atoms with Crippen LogP contribution in [0.3, 0.4) is 0 Å². The van der Waals surface area contributed by atoms with Gasteiger partial charge >= 0.3 is 11.9 Å². The molecule has 0 rings (SSSR count). The van der Waals surface area contributed by atoms with Crippen LogP contribution in [0.4, 0.5) is 0 Å². The van der Waals surface area contributed by atoms with Gasteiger partial charge in [0.15, 0.2) is 0 Å². The molecule has 0 aromatic carbocycles. The van der Waals surface area contributed by atoms with E-state index in [9.17, 15) is 9.59 Å². The van der Waals surface area contributed by atoms with E-state index in [1.165, 1.54) is 59.2 Å². The summed E-state index contributed by atoms with van der Waals surface area (Å²) in [6.07, 6.45) is 19.8. The summed E-state index contributed by atoms with van der Waals surface area (Å²) in [5.74, 6) is -1.55. The zero-order valence-corrected chi connectivity index (χ0v) is 17.8. The minimum atomic E-state index is -0.598. The third kappa shape index (κ3) is 13.3. The third-order valence-corrected chi connectivity index (χ3v) is 4.86. The maximum Gasteiger partial charge on any atom is 0.334 e. The van der Waals surface area contributed by atoms with Crippen LogP contribution >= 0.6 is 0 Å². The van der Waals surface area contributed by atoms with Gasteiger partial charge in [0.25, 0.3) is 0 Å². The highest BCUT2D eigenvalue weighted by molar-refractivity contribution is 5.94. The predicted octanol–water partition coefficient (Wildman–Crippen LogP) is 6.15. The number of esters is 2. The van der Waals surface area contributed by atoms with Gasteiger partial charge in [-0.25, -0.2) is 4.79 Å². The topological polar surface area (TPSA) is 52.6 Å². The van der Waals surface area contributed by atoms with Crippen molar-refractivity contribution in [3.05, 3.63) is 24.3 Å². The van der Waals surface area contributed by atoms with E-state index in [2.05, 4.69) is 30.4 Å². The Morgan fingerprint density at radius 1 is 0.815 bits per heavy atom. The molecule has 1 atom stereocenters. The number of unbranched alkanes of at least 4 members (excludes halogenated alkanes) is 10. The van der Waals surface area contributed by atoms with Crippen LogP contribution in [0.1, 0.15) is 90.4 Å². The lowest BCUT2D eigenvalue weighted by Gasteiger charge is -2.15. The van der Waals surface area contributed by atoms with Crippen LogP contribution in [0.2, 0.25) is 0 Å². The van der Waals surface area contributed by atoms with E-state index in [4.69, 9.17) is 4.74 Å². The Hall–Kier alpha value is -1.58. The molecule has 4 nitrogen and oxygen atoms in total. The Morgan fingerprint density at radius 2 is 1.33 bits per heavy atom. The van der Waals surface area contributed by atoms with Crippen molar-refractivity contribution in [3.8, 4) is 0 Å². The van der Waals surface area contributed by atoms with E-state index in [0.717, 1.165) is 32.1 Å². The van der Waals surface area contributed by atoms with Crippen LogP contribution in [0.5, 0.6) is 0 Å². The lowest BCUT2D eigenvalue weighted by atomic mass is 9.93. The van der Waals surface area contributed by atoms with Crippen LogP contribution in [0.25, 0.3) is 0 Å². The maximum absolute atomic E-state index is 11.8. The van der Waals surface area contributed by atoms with Crippen molar-refractivity contribution in [2.75, 3.05) is 14.2 Å². The molecule has 1 unspecified atom stereocenters. The average molecular weight is 381 g/mol.